The Kier molecular flexibility index (Phi) is 7.02. The molecule has 3 rings (SSSR count). The van der Waals surface area contributed by atoms with Crippen LogP contribution in [0, 0.1) is 3.57 Å². The quantitative estimate of drug-likeness (QED) is 0.310. The number of benzene rings is 1. The zero-order valence-electron chi connectivity index (χ0n) is 9.74. The van der Waals surface area contributed by atoms with Crippen molar-refractivity contribution in [2.45, 2.75) is 0 Å². The fourth-order valence-electron chi connectivity index (χ4n) is 1.53. The third-order valence-corrected chi connectivity index (χ3v) is 3.11. The van der Waals surface area contributed by atoms with Crippen molar-refractivity contribution in [1.82, 2.24) is 0 Å². The average molecular weight is 388 g/mol. The number of hydrogen-bond donors (Lipinski definition) is 0. The minimum absolute atomic E-state index is 0. The van der Waals surface area contributed by atoms with Gasteiger partial charge in [-0.1, -0.05) is 17.7 Å². The van der Waals surface area contributed by atoms with Gasteiger partial charge < -0.3 is 30.3 Å². The standard InChI is InChI=1S/C11H8I.C5H5.Fe/c12-11-7-5-10(6-8-11)9-3-1-2-4-9;1-2-4-5-3-1;/h1-8H;1-5H;/q-1;-5;. The van der Waals surface area contributed by atoms with E-state index in [0.29, 0.717) is 0 Å². The van der Waals surface area contributed by atoms with Gasteiger partial charge >= 0.3 is 0 Å². The molecule has 0 saturated carbocycles. The van der Waals surface area contributed by atoms with Crippen LogP contribution in [0.5, 0.6) is 0 Å². The summed E-state index contributed by atoms with van der Waals surface area (Å²) in [6.45, 7) is 0. The van der Waals surface area contributed by atoms with Gasteiger partial charge in [-0.25, -0.2) is 0 Å². The molecule has 0 aliphatic heterocycles. The maximum Gasteiger partial charge on any atom is 0 e. The van der Waals surface area contributed by atoms with Crippen molar-refractivity contribution < 1.29 is 17.1 Å². The Hall–Kier alpha value is -0.831. The van der Waals surface area contributed by atoms with Crippen LogP contribution in [0.1, 0.15) is 0 Å². The van der Waals surface area contributed by atoms with Crippen LogP contribution < -0.4 is 0 Å². The van der Waals surface area contributed by atoms with Gasteiger partial charge in [0.1, 0.15) is 0 Å². The Bertz CT molecular complexity index is 490. The largest absolute Gasteiger partial charge is 0.748 e. The summed E-state index contributed by atoms with van der Waals surface area (Å²) in [5.41, 5.74) is 2.59. The van der Waals surface area contributed by atoms with E-state index < -0.39 is 0 Å². The third-order valence-electron chi connectivity index (χ3n) is 2.40. The Labute approximate surface area is 132 Å². The fourth-order valence-corrected chi connectivity index (χ4v) is 1.89. The summed E-state index contributed by atoms with van der Waals surface area (Å²) in [4.78, 5) is 0. The third kappa shape index (κ3) is 4.81. The van der Waals surface area contributed by atoms with E-state index in [0.717, 1.165) is 0 Å². The van der Waals surface area contributed by atoms with Gasteiger partial charge in [-0.05, 0) is 26.2 Å². The van der Waals surface area contributed by atoms with Gasteiger partial charge in [0, 0.05) is 17.1 Å². The minimum atomic E-state index is 0. The molecule has 0 bridgehead atoms. The second-order valence-electron chi connectivity index (χ2n) is 3.64. The van der Waals surface area contributed by atoms with E-state index in [1.807, 2.05) is 30.3 Å². The summed E-state index contributed by atoms with van der Waals surface area (Å²) >= 11 is 2.31. The topological polar surface area (TPSA) is 0 Å². The van der Waals surface area contributed by atoms with E-state index in [1.54, 1.807) is 0 Å². The van der Waals surface area contributed by atoms with Crippen molar-refractivity contribution in [2.75, 3.05) is 0 Å². The molecule has 98 valence electrons. The molecule has 0 heterocycles. The normalized spacial score (nSPS) is 8.94. The van der Waals surface area contributed by atoms with Gasteiger partial charge in [-0.15, -0.1) is 29.8 Å². The Morgan fingerprint density at radius 2 is 1.22 bits per heavy atom. The van der Waals surface area contributed by atoms with E-state index in [4.69, 9.17) is 0 Å². The Balaban J connectivity index is 0.000000230. The van der Waals surface area contributed by atoms with Crippen molar-refractivity contribution in [2.24, 2.45) is 0 Å². The molecular formula is C16H13FeI-6. The Morgan fingerprint density at radius 1 is 0.778 bits per heavy atom. The van der Waals surface area contributed by atoms with E-state index in [-0.39, 0.29) is 17.1 Å². The second-order valence-corrected chi connectivity index (χ2v) is 4.89. The zero-order chi connectivity index (χ0) is 11.9. The molecule has 0 aromatic heterocycles. The second kappa shape index (κ2) is 8.30. The first-order chi connectivity index (χ1) is 8.36. The summed E-state index contributed by atoms with van der Waals surface area (Å²) in [5, 5.41) is 0. The van der Waals surface area contributed by atoms with E-state index >= 15 is 0 Å². The molecule has 2 heteroatoms. The molecule has 0 saturated heterocycles. The first-order valence-electron chi connectivity index (χ1n) is 5.50. The van der Waals surface area contributed by atoms with Crippen LogP contribution in [0.15, 0.2) is 78.9 Å². The van der Waals surface area contributed by atoms with Gasteiger partial charge in [-0.3, -0.25) is 0 Å². The van der Waals surface area contributed by atoms with Crippen LogP contribution in [0.4, 0.5) is 0 Å². The summed E-state index contributed by atoms with van der Waals surface area (Å²) in [6.07, 6.45) is 0. The van der Waals surface area contributed by atoms with Gasteiger partial charge in [-0.2, -0.15) is 12.1 Å². The molecule has 0 N–H and O–H groups in total. The van der Waals surface area contributed by atoms with Crippen molar-refractivity contribution in [3.05, 3.63) is 82.4 Å². The molecule has 0 unspecified atom stereocenters. The van der Waals surface area contributed by atoms with Crippen LogP contribution in [-0.2, 0) is 17.1 Å². The van der Waals surface area contributed by atoms with Crippen molar-refractivity contribution >= 4 is 22.6 Å². The van der Waals surface area contributed by atoms with Crippen molar-refractivity contribution in [3.63, 3.8) is 0 Å². The van der Waals surface area contributed by atoms with Gasteiger partial charge in [0.15, 0.2) is 0 Å². The molecule has 0 spiro atoms. The number of hydrogen-bond acceptors (Lipinski definition) is 0. The van der Waals surface area contributed by atoms with Gasteiger partial charge in [0.05, 0.1) is 0 Å². The summed E-state index contributed by atoms with van der Waals surface area (Å²) in [5.74, 6) is 0. The van der Waals surface area contributed by atoms with Gasteiger partial charge in [0.25, 0.3) is 0 Å². The van der Waals surface area contributed by atoms with Crippen LogP contribution >= 0.6 is 22.6 Å². The summed E-state index contributed by atoms with van der Waals surface area (Å²) in [6, 6.07) is 26.9. The molecule has 0 atom stereocenters. The molecule has 0 radical (unpaired) electrons. The van der Waals surface area contributed by atoms with Crippen LogP contribution in [-0.4, -0.2) is 0 Å². The molecule has 0 aliphatic rings. The molecule has 3 aromatic carbocycles. The van der Waals surface area contributed by atoms with Crippen LogP contribution in [0.3, 0.4) is 0 Å². The number of rotatable bonds is 1. The molecule has 0 amide bonds. The van der Waals surface area contributed by atoms with Crippen LogP contribution in [0.25, 0.3) is 11.1 Å². The monoisotopic (exact) mass is 388 g/mol. The van der Waals surface area contributed by atoms with Gasteiger partial charge in [0.2, 0.25) is 0 Å². The maximum absolute atomic E-state index is 2.31. The minimum Gasteiger partial charge on any atom is -0.748 e. The summed E-state index contributed by atoms with van der Waals surface area (Å²) in [7, 11) is 0. The first-order valence-corrected chi connectivity index (χ1v) is 6.58. The van der Waals surface area contributed by atoms with E-state index in [9.17, 15) is 0 Å². The molecule has 3 aromatic rings. The molecule has 18 heavy (non-hydrogen) atoms. The number of halogens is 1. The molecule has 0 nitrogen and oxygen atoms in total. The predicted molar refractivity (Wildman–Crippen MR) is 82.2 cm³/mol. The summed E-state index contributed by atoms with van der Waals surface area (Å²) < 4.78 is 1.28. The Morgan fingerprint density at radius 3 is 1.67 bits per heavy atom. The average Bonchev–Trinajstić information content (AvgIpc) is 3.06. The molecule has 0 aliphatic carbocycles. The van der Waals surface area contributed by atoms with Crippen LogP contribution in [0.2, 0.25) is 0 Å². The van der Waals surface area contributed by atoms with Crippen molar-refractivity contribution in [3.8, 4) is 11.1 Å². The first kappa shape index (κ1) is 15.2. The van der Waals surface area contributed by atoms with E-state index in [2.05, 4.69) is 71.1 Å². The fraction of sp³-hybridized carbons (Fsp3) is 0. The van der Waals surface area contributed by atoms with Crippen molar-refractivity contribution in [1.29, 1.82) is 0 Å². The zero-order valence-corrected chi connectivity index (χ0v) is 13.0. The van der Waals surface area contributed by atoms with E-state index in [1.165, 1.54) is 14.7 Å². The molecule has 0 fully saturated rings. The smallest absolute Gasteiger partial charge is 0 e. The molecular weight excluding hydrogens is 375 g/mol. The maximum atomic E-state index is 2.31. The SMILES string of the molecule is Ic1ccc(-[c-]2cccc2)cc1.[Fe].[cH-]1[cH-][cH-][cH-][cH-]1. The predicted octanol–water partition coefficient (Wildman–Crippen LogP) is 5.08.